The lowest BCUT2D eigenvalue weighted by molar-refractivity contribution is 0.259. The zero-order valence-corrected chi connectivity index (χ0v) is 14.1. The van der Waals surface area contributed by atoms with Crippen LogP contribution < -0.4 is 10.2 Å². The molecule has 0 N–H and O–H groups in total. The van der Waals surface area contributed by atoms with E-state index in [0.717, 1.165) is 21.6 Å². The lowest BCUT2D eigenvalue weighted by Crippen LogP contribution is -2.08. The molecule has 22 heavy (non-hydrogen) atoms. The van der Waals surface area contributed by atoms with Gasteiger partial charge >= 0.3 is 0 Å². The van der Waals surface area contributed by atoms with E-state index in [-0.39, 0.29) is 5.43 Å². The number of hydrogen-bond acceptors (Lipinski definition) is 3. The molecule has 1 heterocycles. The fourth-order valence-electron chi connectivity index (χ4n) is 2.30. The molecule has 2 aromatic carbocycles. The topological polar surface area (TPSA) is 26.3 Å². The Bertz CT molecular complexity index is 885. The van der Waals surface area contributed by atoms with E-state index in [1.807, 2.05) is 30.3 Å². The Hall–Kier alpha value is -1.58. The molecule has 0 radical (unpaired) electrons. The van der Waals surface area contributed by atoms with Gasteiger partial charge in [-0.05, 0) is 30.2 Å². The average Bonchev–Trinajstić information content (AvgIpc) is 2.54. The highest BCUT2D eigenvalue weighted by atomic mass is 35.5. The number of benzene rings is 2. The highest BCUT2D eigenvalue weighted by Gasteiger charge is 2.14. The van der Waals surface area contributed by atoms with Gasteiger partial charge in [0.2, 0.25) is 0 Å². The van der Waals surface area contributed by atoms with Crippen LogP contribution in [0.15, 0.2) is 41.2 Å². The molecule has 0 fully saturated rings. The van der Waals surface area contributed by atoms with Crippen LogP contribution in [0.25, 0.3) is 20.2 Å². The Morgan fingerprint density at radius 1 is 1.23 bits per heavy atom. The monoisotopic (exact) mass is 332 g/mol. The van der Waals surface area contributed by atoms with Crippen LogP contribution in [0.4, 0.5) is 0 Å². The van der Waals surface area contributed by atoms with Crippen LogP contribution in [0.1, 0.15) is 20.3 Å². The minimum absolute atomic E-state index is 0.0247. The predicted octanol–water partition coefficient (Wildman–Crippen LogP) is 5.49. The summed E-state index contributed by atoms with van der Waals surface area (Å²) in [6.07, 6.45) is 1.06. The molecule has 0 aliphatic rings. The van der Waals surface area contributed by atoms with Crippen molar-refractivity contribution in [3.8, 4) is 5.75 Å². The van der Waals surface area contributed by atoms with Crippen molar-refractivity contribution < 1.29 is 4.74 Å². The molecule has 3 rings (SSSR count). The molecule has 0 spiro atoms. The van der Waals surface area contributed by atoms with E-state index < -0.39 is 0 Å². The summed E-state index contributed by atoms with van der Waals surface area (Å²) in [6.45, 7) is 4.93. The Morgan fingerprint density at radius 2 is 2.00 bits per heavy atom. The third-order valence-electron chi connectivity index (χ3n) is 3.86. The lowest BCUT2D eigenvalue weighted by atomic mass is 10.1. The average molecular weight is 333 g/mol. The molecule has 1 aromatic heterocycles. The lowest BCUT2D eigenvalue weighted by Gasteiger charge is -2.13. The second-order valence-electron chi connectivity index (χ2n) is 5.50. The summed E-state index contributed by atoms with van der Waals surface area (Å²) in [7, 11) is 0. The summed E-state index contributed by atoms with van der Waals surface area (Å²) >= 11 is 7.83. The van der Waals surface area contributed by atoms with Crippen LogP contribution in [0, 0.1) is 5.92 Å². The summed E-state index contributed by atoms with van der Waals surface area (Å²) in [6, 6.07) is 11.2. The first kappa shape index (κ1) is 15.3. The third-order valence-corrected chi connectivity index (χ3v) is 5.36. The van der Waals surface area contributed by atoms with Gasteiger partial charge in [0.15, 0.2) is 5.43 Å². The molecular formula is C18H17ClO2S. The number of halogens is 1. The van der Waals surface area contributed by atoms with Crippen molar-refractivity contribution in [3.05, 3.63) is 51.6 Å². The van der Waals surface area contributed by atoms with Crippen molar-refractivity contribution in [3.63, 3.8) is 0 Å². The van der Waals surface area contributed by atoms with Gasteiger partial charge in [-0.1, -0.05) is 44.0 Å². The van der Waals surface area contributed by atoms with E-state index >= 15 is 0 Å². The van der Waals surface area contributed by atoms with Crippen molar-refractivity contribution in [2.75, 3.05) is 6.61 Å². The highest BCUT2D eigenvalue weighted by molar-refractivity contribution is 7.25. The number of fused-ring (bicyclic) bond motifs is 2. The van der Waals surface area contributed by atoms with Gasteiger partial charge in [-0.3, -0.25) is 4.79 Å². The van der Waals surface area contributed by atoms with Crippen molar-refractivity contribution in [2.24, 2.45) is 5.92 Å². The summed E-state index contributed by atoms with van der Waals surface area (Å²) in [4.78, 5) is 12.7. The Balaban J connectivity index is 2.23. The van der Waals surface area contributed by atoms with Gasteiger partial charge < -0.3 is 4.74 Å². The maximum atomic E-state index is 12.7. The minimum Gasteiger partial charge on any atom is -0.492 e. The highest BCUT2D eigenvalue weighted by Crippen LogP contribution is 2.35. The SMILES string of the molecule is CCC(C)COc1ccc(Cl)c2c(=O)c3ccccc3sc12. The van der Waals surface area contributed by atoms with Crippen LogP contribution in [0.3, 0.4) is 0 Å². The second-order valence-corrected chi connectivity index (χ2v) is 6.96. The van der Waals surface area contributed by atoms with Crippen molar-refractivity contribution >= 4 is 43.1 Å². The van der Waals surface area contributed by atoms with E-state index in [1.54, 1.807) is 17.4 Å². The molecule has 3 aromatic rings. The number of rotatable bonds is 4. The van der Waals surface area contributed by atoms with Crippen LogP contribution in [0.5, 0.6) is 5.75 Å². The van der Waals surface area contributed by atoms with Gasteiger partial charge in [0, 0.05) is 10.1 Å². The van der Waals surface area contributed by atoms with Gasteiger partial charge in [-0.2, -0.15) is 0 Å². The predicted molar refractivity (Wildman–Crippen MR) is 95.6 cm³/mol. The van der Waals surface area contributed by atoms with Crippen LogP contribution in [-0.2, 0) is 0 Å². The molecule has 0 bridgehead atoms. The van der Waals surface area contributed by atoms with E-state index in [1.165, 1.54) is 0 Å². The van der Waals surface area contributed by atoms with Crippen molar-refractivity contribution in [1.29, 1.82) is 0 Å². The van der Waals surface area contributed by atoms with Gasteiger partial charge in [-0.15, -0.1) is 11.3 Å². The molecule has 0 aliphatic carbocycles. The fraction of sp³-hybridized carbons (Fsp3) is 0.278. The van der Waals surface area contributed by atoms with E-state index in [4.69, 9.17) is 16.3 Å². The van der Waals surface area contributed by atoms with Crippen LogP contribution >= 0.6 is 22.9 Å². The summed E-state index contributed by atoms with van der Waals surface area (Å²) < 4.78 is 7.73. The summed E-state index contributed by atoms with van der Waals surface area (Å²) in [5, 5.41) is 1.76. The van der Waals surface area contributed by atoms with Gasteiger partial charge in [0.05, 0.1) is 21.7 Å². The smallest absolute Gasteiger partial charge is 0.197 e. The zero-order chi connectivity index (χ0) is 15.7. The molecule has 1 atom stereocenters. The van der Waals surface area contributed by atoms with Gasteiger partial charge in [-0.25, -0.2) is 0 Å². The fourth-order valence-corrected chi connectivity index (χ4v) is 3.77. The number of hydrogen-bond donors (Lipinski definition) is 0. The molecule has 0 saturated carbocycles. The van der Waals surface area contributed by atoms with Crippen molar-refractivity contribution in [2.45, 2.75) is 20.3 Å². The van der Waals surface area contributed by atoms with E-state index in [2.05, 4.69) is 13.8 Å². The quantitative estimate of drug-likeness (QED) is 0.590. The minimum atomic E-state index is -0.0247. The number of ether oxygens (including phenoxy) is 1. The second kappa shape index (κ2) is 6.27. The molecule has 0 saturated heterocycles. The van der Waals surface area contributed by atoms with Crippen LogP contribution in [0.2, 0.25) is 5.02 Å². The van der Waals surface area contributed by atoms with Crippen molar-refractivity contribution in [1.82, 2.24) is 0 Å². The molecular weight excluding hydrogens is 316 g/mol. The zero-order valence-electron chi connectivity index (χ0n) is 12.6. The maximum Gasteiger partial charge on any atom is 0.197 e. The first-order valence-electron chi connectivity index (χ1n) is 7.38. The summed E-state index contributed by atoms with van der Waals surface area (Å²) in [5.41, 5.74) is -0.0247. The third kappa shape index (κ3) is 2.71. The molecule has 1 unspecified atom stereocenters. The molecule has 0 amide bonds. The largest absolute Gasteiger partial charge is 0.492 e. The van der Waals surface area contributed by atoms with E-state index in [9.17, 15) is 4.79 Å². The Kier molecular flexibility index (Phi) is 4.37. The summed E-state index contributed by atoms with van der Waals surface area (Å²) in [5.74, 6) is 1.22. The van der Waals surface area contributed by atoms with Crippen LogP contribution in [-0.4, -0.2) is 6.61 Å². The molecule has 114 valence electrons. The van der Waals surface area contributed by atoms with Gasteiger partial charge in [0.1, 0.15) is 5.75 Å². The molecule has 4 heteroatoms. The standard InChI is InChI=1S/C18H17ClO2S/c1-3-11(2)10-21-14-9-8-13(19)16-17(20)12-6-4-5-7-15(12)22-18(14)16/h4-9,11H,3,10H2,1-2H3. The molecule has 2 nitrogen and oxygen atoms in total. The molecule has 0 aliphatic heterocycles. The first-order valence-corrected chi connectivity index (χ1v) is 8.58. The Labute approximate surface area is 138 Å². The normalized spacial score (nSPS) is 12.7. The maximum absolute atomic E-state index is 12.7. The van der Waals surface area contributed by atoms with Gasteiger partial charge in [0.25, 0.3) is 0 Å². The van der Waals surface area contributed by atoms with E-state index in [0.29, 0.717) is 28.3 Å². The Morgan fingerprint density at radius 3 is 2.77 bits per heavy atom. The first-order chi connectivity index (χ1) is 10.6.